The van der Waals surface area contributed by atoms with Crippen molar-refractivity contribution in [1.82, 2.24) is 0 Å². The second-order valence-corrected chi connectivity index (χ2v) is 8.43. The van der Waals surface area contributed by atoms with Crippen LogP contribution in [-0.4, -0.2) is 31.0 Å². The van der Waals surface area contributed by atoms with Gasteiger partial charge in [0.2, 0.25) is 0 Å². The molecule has 0 bridgehead atoms. The Morgan fingerprint density at radius 3 is 2.35 bits per heavy atom. The van der Waals surface area contributed by atoms with E-state index in [1.54, 1.807) is 25.1 Å². The number of halogens is 1. The molecule has 0 aliphatic carbocycles. The number of carbonyl (C=O) groups is 2. The van der Waals surface area contributed by atoms with Gasteiger partial charge >= 0.3 is 0 Å². The van der Waals surface area contributed by atoms with Gasteiger partial charge in [-0.3, -0.25) is 14.5 Å². The third-order valence-corrected chi connectivity index (χ3v) is 6.34. The largest absolute Gasteiger partial charge is 0.507 e. The normalized spacial score (nSPS) is 17.4. The number of ketones is 1. The van der Waals surface area contributed by atoms with Gasteiger partial charge in [-0.2, -0.15) is 0 Å². The van der Waals surface area contributed by atoms with Crippen molar-refractivity contribution < 1.29 is 28.6 Å². The zero-order valence-corrected chi connectivity index (χ0v) is 20.2. The topological polar surface area (TPSA) is 89.2 Å². The molecule has 4 rings (SSSR count). The fourth-order valence-electron chi connectivity index (χ4n) is 4.14. The quantitative estimate of drug-likeness (QED) is 0.294. The molecule has 1 fully saturated rings. The summed E-state index contributed by atoms with van der Waals surface area (Å²) >= 11 is 6.21. The van der Waals surface area contributed by atoms with E-state index in [0.29, 0.717) is 17.2 Å². The monoisotopic (exact) mass is 481 g/mol. The Balaban J connectivity index is 2.02. The number of hydrogen-bond donors (Lipinski definition) is 1. The number of aliphatic hydroxyl groups is 1. The molecule has 1 unspecified atom stereocenters. The van der Waals surface area contributed by atoms with Crippen molar-refractivity contribution >= 4 is 34.7 Å². The van der Waals surface area contributed by atoms with Crippen molar-refractivity contribution in [3.05, 3.63) is 81.3 Å². The van der Waals surface area contributed by atoms with Crippen LogP contribution in [0.4, 0.5) is 5.69 Å². The summed E-state index contributed by atoms with van der Waals surface area (Å²) in [6.07, 6.45) is 0. The Morgan fingerprint density at radius 1 is 1.03 bits per heavy atom. The maximum atomic E-state index is 13.4. The zero-order chi connectivity index (χ0) is 24.7. The molecule has 3 aromatic rings. The molecule has 34 heavy (non-hydrogen) atoms. The van der Waals surface area contributed by atoms with Crippen LogP contribution in [0.1, 0.15) is 34.3 Å². The SMILES string of the molecule is COc1cc(/C(O)=C2\C(=O)C(=O)N(c3cccc(C)c3C)C2c2ccc(C)o2)c(OC)cc1Cl. The Hall–Kier alpha value is -3.71. The molecule has 1 N–H and O–H groups in total. The standard InChI is InChI=1S/C26H24ClNO6/c1-13-7-6-8-18(15(13)3)28-23(19-10-9-14(2)34-19)22(25(30)26(28)31)24(29)16-11-21(33-5)17(27)12-20(16)32-4/h6-12,23,29H,1-5H3/b24-22+. The number of carbonyl (C=O) groups excluding carboxylic acids is 2. The van der Waals surface area contributed by atoms with Gasteiger partial charge in [0, 0.05) is 11.8 Å². The van der Waals surface area contributed by atoms with Gasteiger partial charge < -0.3 is 19.0 Å². The Morgan fingerprint density at radius 2 is 1.74 bits per heavy atom. The van der Waals surface area contributed by atoms with Crippen LogP contribution in [0.2, 0.25) is 5.02 Å². The lowest BCUT2D eigenvalue weighted by atomic mass is 9.98. The maximum Gasteiger partial charge on any atom is 0.300 e. The molecule has 2 heterocycles. The van der Waals surface area contributed by atoms with E-state index in [9.17, 15) is 14.7 Å². The third-order valence-electron chi connectivity index (χ3n) is 6.04. The summed E-state index contributed by atoms with van der Waals surface area (Å²) in [5.74, 6) is -0.584. The van der Waals surface area contributed by atoms with Crippen LogP contribution in [-0.2, 0) is 9.59 Å². The summed E-state index contributed by atoms with van der Waals surface area (Å²) in [6, 6.07) is 10.9. The van der Waals surface area contributed by atoms with E-state index in [0.717, 1.165) is 11.1 Å². The molecular weight excluding hydrogens is 458 g/mol. The van der Waals surface area contributed by atoms with E-state index in [1.807, 2.05) is 26.0 Å². The highest BCUT2D eigenvalue weighted by molar-refractivity contribution is 6.51. The molecule has 0 saturated carbocycles. The highest BCUT2D eigenvalue weighted by atomic mass is 35.5. The number of methoxy groups -OCH3 is 2. The number of rotatable bonds is 5. The second-order valence-electron chi connectivity index (χ2n) is 8.02. The summed E-state index contributed by atoms with van der Waals surface area (Å²) in [5.41, 5.74) is 2.39. The molecule has 1 aromatic heterocycles. The number of nitrogens with zero attached hydrogens (tertiary/aromatic N) is 1. The first-order valence-electron chi connectivity index (χ1n) is 10.5. The smallest absolute Gasteiger partial charge is 0.300 e. The molecular formula is C26H24ClNO6. The first-order valence-corrected chi connectivity index (χ1v) is 10.9. The van der Waals surface area contributed by atoms with Gasteiger partial charge in [-0.15, -0.1) is 0 Å². The molecule has 176 valence electrons. The van der Waals surface area contributed by atoms with Crippen molar-refractivity contribution in [2.24, 2.45) is 0 Å². The summed E-state index contributed by atoms with van der Waals surface area (Å²) < 4.78 is 16.5. The predicted molar refractivity (Wildman–Crippen MR) is 129 cm³/mol. The van der Waals surface area contributed by atoms with Crippen LogP contribution in [0.3, 0.4) is 0 Å². The van der Waals surface area contributed by atoms with Crippen LogP contribution >= 0.6 is 11.6 Å². The van der Waals surface area contributed by atoms with Gasteiger partial charge in [-0.05, 0) is 56.2 Å². The number of aryl methyl sites for hydroxylation is 2. The molecule has 1 aliphatic heterocycles. The lowest BCUT2D eigenvalue weighted by Crippen LogP contribution is -2.30. The second kappa shape index (κ2) is 8.91. The van der Waals surface area contributed by atoms with Crippen molar-refractivity contribution in [2.75, 3.05) is 19.1 Å². The molecule has 8 heteroatoms. The number of aliphatic hydroxyl groups excluding tert-OH is 1. The Bertz CT molecular complexity index is 1340. The number of amides is 1. The lowest BCUT2D eigenvalue weighted by molar-refractivity contribution is -0.132. The van der Waals surface area contributed by atoms with Crippen LogP contribution in [0.5, 0.6) is 11.5 Å². The van der Waals surface area contributed by atoms with Crippen molar-refractivity contribution in [3.63, 3.8) is 0 Å². The fourth-order valence-corrected chi connectivity index (χ4v) is 4.37. The number of Topliss-reactive ketones (excluding diaryl/α,β-unsaturated/α-hetero) is 1. The van der Waals surface area contributed by atoms with Crippen molar-refractivity contribution in [3.8, 4) is 11.5 Å². The lowest BCUT2D eigenvalue weighted by Gasteiger charge is -2.25. The van der Waals surface area contributed by atoms with E-state index in [4.69, 9.17) is 25.5 Å². The summed E-state index contributed by atoms with van der Waals surface area (Å²) in [7, 11) is 2.85. The zero-order valence-electron chi connectivity index (χ0n) is 19.4. The van der Waals surface area contributed by atoms with Crippen LogP contribution < -0.4 is 14.4 Å². The molecule has 2 aromatic carbocycles. The van der Waals surface area contributed by atoms with E-state index in [2.05, 4.69) is 0 Å². The molecule has 1 saturated heterocycles. The van der Waals surface area contributed by atoms with E-state index in [-0.39, 0.29) is 27.7 Å². The van der Waals surface area contributed by atoms with Crippen molar-refractivity contribution in [2.45, 2.75) is 26.8 Å². The van der Waals surface area contributed by atoms with Gasteiger partial charge in [0.1, 0.15) is 34.8 Å². The number of hydrogen-bond acceptors (Lipinski definition) is 6. The number of ether oxygens (including phenoxy) is 2. The first-order chi connectivity index (χ1) is 16.2. The minimum atomic E-state index is -0.986. The molecule has 1 amide bonds. The van der Waals surface area contributed by atoms with Gasteiger partial charge in [0.25, 0.3) is 11.7 Å². The van der Waals surface area contributed by atoms with E-state index < -0.39 is 23.5 Å². The Labute approximate surface area is 202 Å². The minimum absolute atomic E-state index is 0.122. The average Bonchev–Trinajstić information content (AvgIpc) is 3.35. The van der Waals surface area contributed by atoms with E-state index in [1.165, 1.54) is 31.3 Å². The molecule has 0 spiro atoms. The first kappa shape index (κ1) is 23.4. The highest BCUT2D eigenvalue weighted by Crippen LogP contribution is 2.45. The molecule has 1 aliphatic rings. The van der Waals surface area contributed by atoms with Gasteiger partial charge in [0.05, 0.1) is 30.4 Å². The molecule has 7 nitrogen and oxygen atoms in total. The number of benzene rings is 2. The molecule has 0 radical (unpaired) electrons. The summed E-state index contributed by atoms with van der Waals surface area (Å²) in [5, 5.41) is 11.7. The van der Waals surface area contributed by atoms with Crippen LogP contribution in [0.15, 0.2) is 52.5 Å². The summed E-state index contributed by atoms with van der Waals surface area (Å²) in [4.78, 5) is 28.1. The van der Waals surface area contributed by atoms with Gasteiger partial charge in [0.15, 0.2) is 0 Å². The van der Waals surface area contributed by atoms with Crippen LogP contribution in [0.25, 0.3) is 5.76 Å². The minimum Gasteiger partial charge on any atom is -0.507 e. The number of furan rings is 1. The van der Waals surface area contributed by atoms with Crippen LogP contribution in [0, 0.1) is 20.8 Å². The highest BCUT2D eigenvalue weighted by Gasteiger charge is 2.49. The Kier molecular flexibility index (Phi) is 6.15. The number of anilines is 1. The van der Waals surface area contributed by atoms with Crippen molar-refractivity contribution in [1.29, 1.82) is 0 Å². The maximum absolute atomic E-state index is 13.4. The fraction of sp³-hybridized carbons (Fsp3) is 0.231. The average molecular weight is 482 g/mol. The van der Waals surface area contributed by atoms with Gasteiger partial charge in [-0.25, -0.2) is 0 Å². The van der Waals surface area contributed by atoms with E-state index >= 15 is 0 Å². The predicted octanol–water partition coefficient (Wildman–Crippen LogP) is 5.50. The van der Waals surface area contributed by atoms with Gasteiger partial charge in [-0.1, -0.05) is 23.7 Å². The molecule has 1 atom stereocenters. The summed E-state index contributed by atoms with van der Waals surface area (Å²) in [6.45, 7) is 5.56. The third kappa shape index (κ3) is 3.72.